The molecule has 0 spiro atoms. The SMILES string of the molecule is C1CC1.CCC.CNCC(C)(C)O.CNCC(C)(C)O. The molecule has 0 aromatic rings. The van der Waals surface area contributed by atoms with E-state index in [0.717, 1.165) is 0 Å². The third-order valence-electron chi connectivity index (χ3n) is 1.57. The summed E-state index contributed by atoms with van der Waals surface area (Å²) in [4.78, 5) is 0. The smallest absolute Gasteiger partial charge is 0.0715 e. The highest BCUT2D eigenvalue weighted by molar-refractivity contribution is 4.66. The van der Waals surface area contributed by atoms with Crippen molar-refractivity contribution in [3.8, 4) is 0 Å². The molecule has 1 aliphatic rings. The average Bonchev–Trinajstić information content (AvgIpc) is 3.01. The van der Waals surface area contributed by atoms with E-state index in [9.17, 15) is 0 Å². The van der Waals surface area contributed by atoms with Crippen molar-refractivity contribution in [1.82, 2.24) is 10.6 Å². The molecule has 0 aromatic carbocycles. The molecule has 20 heavy (non-hydrogen) atoms. The van der Waals surface area contributed by atoms with Gasteiger partial charge in [0.15, 0.2) is 0 Å². The molecule has 0 aliphatic heterocycles. The van der Waals surface area contributed by atoms with Gasteiger partial charge in [0.05, 0.1) is 11.2 Å². The average molecular weight is 293 g/mol. The highest BCUT2D eigenvalue weighted by Crippen LogP contribution is 2.14. The summed E-state index contributed by atoms with van der Waals surface area (Å²) in [5.41, 5.74) is -1.12. The van der Waals surface area contributed by atoms with Crippen LogP contribution in [-0.2, 0) is 0 Å². The molecular formula is C16H40N2O2. The first-order chi connectivity index (χ1) is 9.04. The maximum absolute atomic E-state index is 8.96. The van der Waals surface area contributed by atoms with E-state index in [1.54, 1.807) is 27.7 Å². The van der Waals surface area contributed by atoms with Crippen molar-refractivity contribution in [3.05, 3.63) is 0 Å². The van der Waals surface area contributed by atoms with Gasteiger partial charge >= 0.3 is 0 Å². The summed E-state index contributed by atoms with van der Waals surface area (Å²) in [5, 5.41) is 23.6. The van der Waals surface area contributed by atoms with Crippen LogP contribution in [-0.4, -0.2) is 48.6 Å². The van der Waals surface area contributed by atoms with Crippen LogP contribution in [0.15, 0.2) is 0 Å². The van der Waals surface area contributed by atoms with Gasteiger partial charge in [-0.1, -0.05) is 39.5 Å². The summed E-state index contributed by atoms with van der Waals surface area (Å²) < 4.78 is 0. The van der Waals surface area contributed by atoms with E-state index in [-0.39, 0.29) is 0 Å². The Morgan fingerprint density at radius 1 is 0.750 bits per heavy atom. The predicted molar refractivity (Wildman–Crippen MR) is 90.3 cm³/mol. The summed E-state index contributed by atoms with van der Waals surface area (Å²) in [6.45, 7) is 12.6. The van der Waals surface area contributed by atoms with E-state index in [4.69, 9.17) is 10.2 Å². The fraction of sp³-hybridized carbons (Fsp3) is 1.00. The predicted octanol–water partition coefficient (Wildman–Crippen LogP) is 2.54. The number of hydrogen-bond acceptors (Lipinski definition) is 4. The van der Waals surface area contributed by atoms with Gasteiger partial charge in [0.2, 0.25) is 0 Å². The van der Waals surface area contributed by atoms with Crippen molar-refractivity contribution in [3.63, 3.8) is 0 Å². The number of likely N-dealkylation sites (N-methyl/N-ethyl adjacent to an activating group) is 2. The molecule has 126 valence electrons. The Labute approximate surface area is 127 Å². The minimum atomic E-state index is -0.561. The van der Waals surface area contributed by atoms with Crippen LogP contribution in [0.25, 0.3) is 0 Å². The Bertz CT molecular complexity index is 152. The zero-order valence-electron chi connectivity index (χ0n) is 15.1. The number of rotatable bonds is 4. The molecule has 0 saturated heterocycles. The molecule has 0 heterocycles. The lowest BCUT2D eigenvalue weighted by Crippen LogP contribution is -2.32. The molecule has 1 fully saturated rings. The molecule has 4 heteroatoms. The Morgan fingerprint density at radius 2 is 0.950 bits per heavy atom. The molecule has 4 N–H and O–H groups in total. The van der Waals surface area contributed by atoms with E-state index < -0.39 is 11.2 Å². The lowest BCUT2D eigenvalue weighted by molar-refractivity contribution is 0.0815. The highest BCUT2D eigenvalue weighted by Gasteiger charge is 2.09. The van der Waals surface area contributed by atoms with E-state index in [2.05, 4.69) is 24.5 Å². The first kappa shape index (κ1) is 24.8. The summed E-state index contributed by atoms with van der Waals surface area (Å²) in [7, 11) is 3.63. The quantitative estimate of drug-likeness (QED) is 0.643. The van der Waals surface area contributed by atoms with E-state index in [0.29, 0.717) is 13.1 Å². The van der Waals surface area contributed by atoms with Crippen LogP contribution in [0, 0.1) is 0 Å². The van der Waals surface area contributed by atoms with Gasteiger partial charge < -0.3 is 20.8 Å². The normalized spacial score (nSPS) is 12.9. The fourth-order valence-electron chi connectivity index (χ4n) is 0.865. The lowest BCUT2D eigenvalue weighted by Gasteiger charge is -2.14. The van der Waals surface area contributed by atoms with Crippen LogP contribution in [0.4, 0.5) is 0 Å². The van der Waals surface area contributed by atoms with Crippen molar-refractivity contribution in [2.24, 2.45) is 0 Å². The Kier molecular flexibility index (Phi) is 18.9. The molecule has 4 nitrogen and oxygen atoms in total. The minimum absolute atomic E-state index is 0.561. The van der Waals surface area contributed by atoms with Gasteiger partial charge in [-0.25, -0.2) is 0 Å². The topological polar surface area (TPSA) is 64.5 Å². The monoisotopic (exact) mass is 292 g/mol. The van der Waals surface area contributed by atoms with Crippen LogP contribution in [0.3, 0.4) is 0 Å². The molecule has 0 atom stereocenters. The molecular weight excluding hydrogens is 252 g/mol. The van der Waals surface area contributed by atoms with Gasteiger partial charge in [0, 0.05) is 13.1 Å². The zero-order chi connectivity index (χ0) is 16.7. The van der Waals surface area contributed by atoms with Gasteiger partial charge in [-0.15, -0.1) is 0 Å². The second kappa shape index (κ2) is 15.2. The molecule has 1 saturated carbocycles. The summed E-state index contributed by atoms with van der Waals surface area (Å²) in [6, 6.07) is 0. The largest absolute Gasteiger partial charge is 0.389 e. The summed E-state index contributed by atoms with van der Waals surface area (Å²) in [5.74, 6) is 0. The second-order valence-electron chi connectivity index (χ2n) is 6.45. The van der Waals surface area contributed by atoms with Gasteiger partial charge in [0.1, 0.15) is 0 Å². The molecule has 0 radical (unpaired) electrons. The maximum Gasteiger partial charge on any atom is 0.0715 e. The molecule has 1 rings (SSSR count). The first-order valence-corrected chi connectivity index (χ1v) is 7.78. The standard InChI is InChI=1S/2C5H13NO.C3H6.C3H8/c2*1-5(2,7)4-6-3;1-2-3-1;1-3-2/h2*6-7H,4H2,1-3H3;1-3H2;3H2,1-2H3. The lowest BCUT2D eigenvalue weighted by atomic mass is 10.1. The van der Waals surface area contributed by atoms with Gasteiger partial charge in [-0.2, -0.15) is 0 Å². The van der Waals surface area contributed by atoms with Crippen molar-refractivity contribution in [1.29, 1.82) is 0 Å². The Morgan fingerprint density at radius 3 is 0.950 bits per heavy atom. The third kappa shape index (κ3) is 64.7. The number of aliphatic hydroxyl groups is 2. The minimum Gasteiger partial charge on any atom is -0.389 e. The van der Waals surface area contributed by atoms with Gasteiger partial charge in [-0.3, -0.25) is 0 Å². The van der Waals surface area contributed by atoms with Crippen LogP contribution in [0.2, 0.25) is 0 Å². The molecule has 1 aliphatic carbocycles. The molecule has 0 aromatic heterocycles. The van der Waals surface area contributed by atoms with E-state index >= 15 is 0 Å². The van der Waals surface area contributed by atoms with Gasteiger partial charge in [-0.05, 0) is 41.8 Å². The van der Waals surface area contributed by atoms with Crippen molar-refractivity contribution < 1.29 is 10.2 Å². The number of hydrogen-bond donors (Lipinski definition) is 4. The van der Waals surface area contributed by atoms with Gasteiger partial charge in [0.25, 0.3) is 0 Å². The van der Waals surface area contributed by atoms with Crippen LogP contribution in [0.5, 0.6) is 0 Å². The Hall–Kier alpha value is -0.160. The van der Waals surface area contributed by atoms with E-state index in [1.807, 2.05) is 14.1 Å². The van der Waals surface area contributed by atoms with Crippen molar-refractivity contribution >= 4 is 0 Å². The molecule has 0 bridgehead atoms. The highest BCUT2D eigenvalue weighted by atomic mass is 16.3. The summed E-state index contributed by atoms with van der Waals surface area (Å²) in [6.07, 6.45) is 5.75. The van der Waals surface area contributed by atoms with Crippen LogP contribution in [0.1, 0.15) is 67.2 Å². The fourth-order valence-corrected chi connectivity index (χ4v) is 0.865. The van der Waals surface area contributed by atoms with Crippen LogP contribution >= 0.6 is 0 Å². The van der Waals surface area contributed by atoms with Crippen molar-refractivity contribution in [2.45, 2.75) is 78.4 Å². The Balaban J connectivity index is -0.000000207. The molecule has 0 amide bonds. The molecule has 0 unspecified atom stereocenters. The van der Waals surface area contributed by atoms with E-state index in [1.165, 1.54) is 25.7 Å². The zero-order valence-corrected chi connectivity index (χ0v) is 15.1. The maximum atomic E-state index is 8.96. The van der Waals surface area contributed by atoms with Crippen LogP contribution < -0.4 is 10.6 Å². The summed E-state index contributed by atoms with van der Waals surface area (Å²) >= 11 is 0. The van der Waals surface area contributed by atoms with Crippen molar-refractivity contribution in [2.75, 3.05) is 27.2 Å². The third-order valence-corrected chi connectivity index (χ3v) is 1.57. The second-order valence-corrected chi connectivity index (χ2v) is 6.45. The number of nitrogens with one attached hydrogen (secondary N) is 2. The first-order valence-electron chi connectivity index (χ1n) is 7.78.